The molecule has 0 atom stereocenters. The highest BCUT2D eigenvalue weighted by molar-refractivity contribution is 6.30. The van der Waals surface area contributed by atoms with Crippen LogP contribution in [0.25, 0.3) is 0 Å². The molecule has 20 heavy (non-hydrogen) atoms. The van der Waals surface area contributed by atoms with E-state index in [4.69, 9.17) is 11.6 Å². The maximum atomic E-state index is 12.2. The van der Waals surface area contributed by atoms with Crippen LogP contribution in [0.5, 0.6) is 0 Å². The van der Waals surface area contributed by atoms with E-state index < -0.39 is 0 Å². The van der Waals surface area contributed by atoms with Crippen molar-refractivity contribution in [3.05, 3.63) is 64.2 Å². The SMILES string of the molecule is O=C(Nc1cccc2c1CCNC2)c1ccc(Cl)cc1. The average Bonchev–Trinajstić information content (AvgIpc) is 2.48. The van der Waals surface area contributed by atoms with Crippen molar-refractivity contribution in [1.82, 2.24) is 5.32 Å². The van der Waals surface area contributed by atoms with Gasteiger partial charge in [0, 0.05) is 22.8 Å². The zero-order valence-electron chi connectivity index (χ0n) is 10.9. The molecule has 0 bridgehead atoms. The van der Waals surface area contributed by atoms with E-state index in [0.29, 0.717) is 10.6 Å². The van der Waals surface area contributed by atoms with Crippen LogP contribution in [-0.2, 0) is 13.0 Å². The fraction of sp³-hybridized carbons (Fsp3) is 0.188. The van der Waals surface area contributed by atoms with Crippen LogP contribution in [-0.4, -0.2) is 12.5 Å². The first-order chi connectivity index (χ1) is 9.74. The van der Waals surface area contributed by atoms with E-state index in [2.05, 4.69) is 16.7 Å². The molecule has 1 aliphatic rings. The Morgan fingerprint density at radius 3 is 2.75 bits per heavy atom. The molecule has 4 heteroatoms. The lowest BCUT2D eigenvalue weighted by Crippen LogP contribution is -2.25. The molecule has 1 aliphatic heterocycles. The Labute approximate surface area is 123 Å². The summed E-state index contributed by atoms with van der Waals surface area (Å²) in [7, 11) is 0. The summed E-state index contributed by atoms with van der Waals surface area (Å²) in [6.45, 7) is 1.81. The van der Waals surface area contributed by atoms with Gasteiger partial charge in [0.15, 0.2) is 0 Å². The Hall–Kier alpha value is -1.84. The molecule has 3 nitrogen and oxygen atoms in total. The summed E-state index contributed by atoms with van der Waals surface area (Å²) in [6.07, 6.45) is 0.937. The third kappa shape index (κ3) is 2.69. The highest BCUT2D eigenvalue weighted by Crippen LogP contribution is 2.23. The van der Waals surface area contributed by atoms with Gasteiger partial charge in [0.05, 0.1) is 0 Å². The number of amides is 1. The van der Waals surface area contributed by atoms with Crippen molar-refractivity contribution in [2.75, 3.05) is 11.9 Å². The second-order valence-corrected chi connectivity index (χ2v) is 5.27. The van der Waals surface area contributed by atoms with Gasteiger partial charge in [-0.15, -0.1) is 0 Å². The van der Waals surface area contributed by atoms with E-state index in [0.717, 1.165) is 25.2 Å². The van der Waals surface area contributed by atoms with Gasteiger partial charge in [0.1, 0.15) is 0 Å². The summed E-state index contributed by atoms with van der Waals surface area (Å²) in [5.74, 6) is -0.103. The van der Waals surface area contributed by atoms with Gasteiger partial charge in [0.25, 0.3) is 5.91 Å². The van der Waals surface area contributed by atoms with Crippen molar-refractivity contribution in [3.63, 3.8) is 0 Å². The average molecular weight is 287 g/mol. The summed E-state index contributed by atoms with van der Waals surface area (Å²) in [5, 5.41) is 6.96. The second-order valence-electron chi connectivity index (χ2n) is 4.83. The summed E-state index contributed by atoms with van der Waals surface area (Å²) in [4.78, 5) is 12.2. The zero-order valence-corrected chi connectivity index (χ0v) is 11.7. The van der Waals surface area contributed by atoms with Gasteiger partial charge >= 0.3 is 0 Å². The molecule has 0 fully saturated rings. The highest BCUT2D eigenvalue weighted by atomic mass is 35.5. The summed E-state index contributed by atoms with van der Waals surface area (Å²) >= 11 is 5.83. The Bertz CT molecular complexity index is 637. The number of carbonyl (C=O) groups is 1. The summed E-state index contributed by atoms with van der Waals surface area (Å²) < 4.78 is 0. The van der Waals surface area contributed by atoms with Crippen LogP contribution < -0.4 is 10.6 Å². The Kier molecular flexibility index (Phi) is 3.72. The topological polar surface area (TPSA) is 41.1 Å². The molecule has 0 aliphatic carbocycles. The van der Waals surface area contributed by atoms with Crippen molar-refractivity contribution in [1.29, 1.82) is 0 Å². The molecule has 0 radical (unpaired) electrons. The summed E-state index contributed by atoms with van der Waals surface area (Å²) in [5.41, 5.74) is 4.00. The second kappa shape index (κ2) is 5.65. The standard InChI is InChI=1S/C16H15ClN2O/c17-13-6-4-11(5-7-13)16(20)19-15-3-1-2-12-10-18-9-8-14(12)15/h1-7,18H,8-10H2,(H,19,20). The minimum absolute atomic E-state index is 0.103. The number of carbonyl (C=O) groups excluding carboxylic acids is 1. The largest absolute Gasteiger partial charge is 0.322 e. The Morgan fingerprint density at radius 2 is 1.95 bits per heavy atom. The van der Waals surface area contributed by atoms with Crippen LogP contribution in [0.1, 0.15) is 21.5 Å². The lowest BCUT2D eigenvalue weighted by molar-refractivity contribution is 0.102. The molecular weight excluding hydrogens is 272 g/mol. The zero-order chi connectivity index (χ0) is 13.9. The number of rotatable bonds is 2. The van der Waals surface area contributed by atoms with E-state index in [1.165, 1.54) is 11.1 Å². The maximum absolute atomic E-state index is 12.2. The van der Waals surface area contributed by atoms with E-state index in [1.54, 1.807) is 24.3 Å². The van der Waals surface area contributed by atoms with Crippen LogP contribution in [0.2, 0.25) is 5.02 Å². The van der Waals surface area contributed by atoms with Crippen molar-refractivity contribution < 1.29 is 4.79 Å². The quantitative estimate of drug-likeness (QED) is 0.890. The van der Waals surface area contributed by atoms with E-state index in [-0.39, 0.29) is 5.91 Å². The van der Waals surface area contributed by atoms with Gasteiger partial charge in [-0.3, -0.25) is 4.79 Å². The van der Waals surface area contributed by atoms with Crippen molar-refractivity contribution in [2.45, 2.75) is 13.0 Å². The minimum Gasteiger partial charge on any atom is -0.322 e. The van der Waals surface area contributed by atoms with Crippen LogP contribution in [0.15, 0.2) is 42.5 Å². The van der Waals surface area contributed by atoms with Crippen molar-refractivity contribution in [3.8, 4) is 0 Å². The molecule has 1 heterocycles. The lowest BCUT2D eigenvalue weighted by atomic mass is 9.99. The molecule has 0 saturated heterocycles. The number of benzene rings is 2. The molecule has 0 saturated carbocycles. The first-order valence-corrected chi connectivity index (χ1v) is 7.00. The number of fused-ring (bicyclic) bond motifs is 1. The third-order valence-electron chi connectivity index (χ3n) is 3.49. The molecule has 2 N–H and O–H groups in total. The smallest absolute Gasteiger partial charge is 0.255 e. The van der Waals surface area contributed by atoms with Crippen LogP contribution in [0.3, 0.4) is 0 Å². The third-order valence-corrected chi connectivity index (χ3v) is 3.75. The fourth-order valence-electron chi connectivity index (χ4n) is 2.44. The molecule has 102 valence electrons. The molecule has 0 unspecified atom stereocenters. The fourth-order valence-corrected chi connectivity index (χ4v) is 2.57. The molecule has 3 rings (SSSR count). The molecule has 2 aromatic rings. The number of halogens is 1. The molecule has 2 aromatic carbocycles. The first kappa shape index (κ1) is 13.2. The van der Waals surface area contributed by atoms with Crippen molar-refractivity contribution >= 4 is 23.2 Å². The maximum Gasteiger partial charge on any atom is 0.255 e. The van der Waals surface area contributed by atoms with E-state index in [1.807, 2.05) is 12.1 Å². The number of nitrogens with one attached hydrogen (secondary N) is 2. The lowest BCUT2D eigenvalue weighted by Gasteiger charge is -2.20. The Morgan fingerprint density at radius 1 is 1.15 bits per heavy atom. The minimum atomic E-state index is -0.103. The number of anilines is 1. The predicted molar refractivity (Wildman–Crippen MR) is 81.3 cm³/mol. The molecule has 0 aromatic heterocycles. The van der Waals surface area contributed by atoms with Gasteiger partial charge < -0.3 is 10.6 Å². The highest BCUT2D eigenvalue weighted by Gasteiger charge is 2.14. The molecule has 0 spiro atoms. The van der Waals surface area contributed by atoms with Gasteiger partial charge in [-0.2, -0.15) is 0 Å². The first-order valence-electron chi connectivity index (χ1n) is 6.62. The van der Waals surface area contributed by atoms with Crippen molar-refractivity contribution in [2.24, 2.45) is 0 Å². The van der Waals surface area contributed by atoms with E-state index in [9.17, 15) is 4.79 Å². The number of hydrogen-bond donors (Lipinski definition) is 2. The van der Waals surface area contributed by atoms with Gasteiger partial charge in [-0.05, 0) is 54.4 Å². The van der Waals surface area contributed by atoms with Crippen LogP contribution in [0.4, 0.5) is 5.69 Å². The van der Waals surface area contributed by atoms with Crippen LogP contribution >= 0.6 is 11.6 Å². The monoisotopic (exact) mass is 286 g/mol. The van der Waals surface area contributed by atoms with E-state index >= 15 is 0 Å². The molecule has 1 amide bonds. The van der Waals surface area contributed by atoms with Gasteiger partial charge in [-0.25, -0.2) is 0 Å². The van der Waals surface area contributed by atoms with Gasteiger partial charge in [-0.1, -0.05) is 23.7 Å². The normalized spacial score (nSPS) is 13.7. The molecular formula is C16H15ClN2O. The summed E-state index contributed by atoms with van der Waals surface area (Å²) in [6, 6.07) is 12.9. The predicted octanol–water partition coefficient (Wildman–Crippen LogP) is 3.24. The Balaban J connectivity index is 1.84. The van der Waals surface area contributed by atoms with Gasteiger partial charge in [0.2, 0.25) is 0 Å². The number of hydrogen-bond acceptors (Lipinski definition) is 2. The van der Waals surface area contributed by atoms with Crippen LogP contribution in [0, 0.1) is 0 Å².